The van der Waals surface area contributed by atoms with Crippen LogP contribution in [0.4, 0.5) is 0 Å². The Morgan fingerprint density at radius 1 is 1.36 bits per heavy atom. The highest BCUT2D eigenvalue weighted by Gasteiger charge is 2.27. The number of rotatable bonds is 2. The zero-order valence-electron chi connectivity index (χ0n) is 7.94. The third-order valence-electron chi connectivity index (χ3n) is 2.60. The van der Waals surface area contributed by atoms with Crippen molar-refractivity contribution in [1.29, 1.82) is 0 Å². The Kier molecular flexibility index (Phi) is 2.91. The number of imide groups is 1. The number of carbonyl (C=O) groups excluding carboxylic acids is 2. The van der Waals surface area contributed by atoms with E-state index in [1.165, 1.54) is 29.2 Å². The van der Waals surface area contributed by atoms with Crippen LogP contribution in [0, 0.1) is 5.92 Å². The molecule has 3 nitrogen and oxygen atoms in total. The summed E-state index contributed by atoms with van der Waals surface area (Å²) in [6, 6.07) is 0. The molecule has 4 heteroatoms. The minimum absolute atomic E-state index is 0.148. The molecule has 2 amide bonds. The second kappa shape index (κ2) is 4.17. The van der Waals surface area contributed by atoms with E-state index in [4.69, 9.17) is 0 Å². The van der Waals surface area contributed by atoms with Gasteiger partial charge in [-0.25, -0.2) is 0 Å². The molecule has 2 heterocycles. The summed E-state index contributed by atoms with van der Waals surface area (Å²) in [5.41, 5.74) is 0. The maximum Gasteiger partial charge on any atom is 0.253 e. The van der Waals surface area contributed by atoms with Crippen molar-refractivity contribution in [3.05, 3.63) is 12.2 Å². The molecule has 0 aliphatic carbocycles. The highest BCUT2D eigenvalue weighted by atomic mass is 32.2. The largest absolute Gasteiger partial charge is 0.275 e. The van der Waals surface area contributed by atoms with E-state index in [1.807, 2.05) is 11.8 Å². The standard InChI is InChI=1S/C10H13NO2S/c12-9-3-4-10(13)11(9)6-8-2-1-5-14-7-8/h3-4,8H,1-2,5-7H2. The molecule has 0 N–H and O–H groups in total. The molecule has 0 spiro atoms. The zero-order valence-corrected chi connectivity index (χ0v) is 8.76. The molecule has 0 aromatic rings. The molecule has 0 aromatic heterocycles. The molecule has 2 aliphatic heterocycles. The summed E-state index contributed by atoms with van der Waals surface area (Å²) in [5, 5.41) is 0. The molecule has 1 saturated heterocycles. The van der Waals surface area contributed by atoms with Crippen molar-refractivity contribution >= 4 is 23.6 Å². The Morgan fingerprint density at radius 2 is 2.07 bits per heavy atom. The van der Waals surface area contributed by atoms with Gasteiger partial charge in [-0.3, -0.25) is 14.5 Å². The average molecular weight is 211 g/mol. The predicted octanol–water partition coefficient (Wildman–Crippen LogP) is 1.05. The van der Waals surface area contributed by atoms with Gasteiger partial charge in [-0.2, -0.15) is 11.8 Å². The Balaban J connectivity index is 1.90. The number of thioether (sulfide) groups is 1. The SMILES string of the molecule is O=C1C=CC(=O)N1CC1CCCSC1. The lowest BCUT2D eigenvalue weighted by molar-refractivity contribution is -0.137. The fourth-order valence-corrected chi connectivity index (χ4v) is 2.96. The number of amides is 2. The number of hydrogen-bond donors (Lipinski definition) is 0. The highest BCUT2D eigenvalue weighted by molar-refractivity contribution is 7.99. The van der Waals surface area contributed by atoms with Crippen LogP contribution in [0.1, 0.15) is 12.8 Å². The van der Waals surface area contributed by atoms with Crippen LogP contribution in [0.2, 0.25) is 0 Å². The molecule has 76 valence electrons. The van der Waals surface area contributed by atoms with Crippen LogP contribution in [0.25, 0.3) is 0 Å². The van der Waals surface area contributed by atoms with Crippen molar-refractivity contribution in [3.63, 3.8) is 0 Å². The van der Waals surface area contributed by atoms with Gasteiger partial charge >= 0.3 is 0 Å². The molecule has 14 heavy (non-hydrogen) atoms. The summed E-state index contributed by atoms with van der Waals surface area (Å²) in [5.74, 6) is 2.51. The van der Waals surface area contributed by atoms with Crippen LogP contribution in [0.15, 0.2) is 12.2 Å². The lowest BCUT2D eigenvalue weighted by Crippen LogP contribution is -2.36. The molecule has 1 unspecified atom stereocenters. The third kappa shape index (κ3) is 2.00. The van der Waals surface area contributed by atoms with Crippen molar-refractivity contribution in [2.45, 2.75) is 12.8 Å². The minimum Gasteiger partial charge on any atom is -0.275 e. The Bertz CT molecular complexity index is 264. The third-order valence-corrected chi connectivity index (χ3v) is 3.88. The van der Waals surface area contributed by atoms with Crippen LogP contribution >= 0.6 is 11.8 Å². The van der Waals surface area contributed by atoms with Crippen molar-refractivity contribution in [1.82, 2.24) is 4.90 Å². The monoisotopic (exact) mass is 211 g/mol. The van der Waals surface area contributed by atoms with Crippen LogP contribution < -0.4 is 0 Å². The van der Waals surface area contributed by atoms with E-state index >= 15 is 0 Å². The van der Waals surface area contributed by atoms with Crippen LogP contribution in [0.3, 0.4) is 0 Å². The van der Waals surface area contributed by atoms with E-state index in [0.717, 1.165) is 12.2 Å². The fourth-order valence-electron chi connectivity index (χ4n) is 1.82. The molecular formula is C10H13NO2S. The summed E-state index contributed by atoms with van der Waals surface area (Å²) < 4.78 is 0. The zero-order chi connectivity index (χ0) is 9.97. The maximum absolute atomic E-state index is 11.3. The second-order valence-corrected chi connectivity index (χ2v) is 4.85. The summed E-state index contributed by atoms with van der Waals surface area (Å²) in [6.45, 7) is 0.609. The van der Waals surface area contributed by atoms with Gasteiger partial charge in [0.2, 0.25) is 0 Å². The van der Waals surface area contributed by atoms with Crippen LogP contribution in [-0.2, 0) is 9.59 Å². The van der Waals surface area contributed by atoms with Crippen molar-refractivity contribution in [2.75, 3.05) is 18.1 Å². The van der Waals surface area contributed by atoms with Crippen molar-refractivity contribution in [2.24, 2.45) is 5.92 Å². The van der Waals surface area contributed by atoms with E-state index in [0.29, 0.717) is 12.5 Å². The van der Waals surface area contributed by atoms with Gasteiger partial charge in [0, 0.05) is 18.7 Å². The Morgan fingerprint density at radius 3 is 2.64 bits per heavy atom. The fraction of sp³-hybridized carbons (Fsp3) is 0.600. The number of hydrogen-bond acceptors (Lipinski definition) is 3. The second-order valence-electron chi connectivity index (χ2n) is 3.70. The van der Waals surface area contributed by atoms with Crippen LogP contribution in [0.5, 0.6) is 0 Å². The molecule has 0 saturated carbocycles. The van der Waals surface area contributed by atoms with Gasteiger partial charge in [0.05, 0.1) is 0 Å². The summed E-state index contributed by atoms with van der Waals surface area (Å²) in [6.07, 6.45) is 5.07. The van der Waals surface area contributed by atoms with Crippen LogP contribution in [-0.4, -0.2) is 34.8 Å². The lowest BCUT2D eigenvalue weighted by Gasteiger charge is -2.25. The highest BCUT2D eigenvalue weighted by Crippen LogP contribution is 2.24. The summed E-state index contributed by atoms with van der Waals surface area (Å²) in [7, 11) is 0. The van der Waals surface area contributed by atoms with Gasteiger partial charge in [-0.05, 0) is 30.3 Å². The molecule has 1 atom stereocenters. The quantitative estimate of drug-likeness (QED) is 0.641. The van der Waals surface area contributed by atoms with Crippen molar-refractivity contribution < 1.29 is 9.59 Å². The normalized spacial score (nSPS) is 27.4. The van der Waals surface area contributed by atoms with E-state index in [1.54, 1.807) is 0 Å². The van der Waals surface area contributed by atoms with E-state index in [-0.39, 0.29) is 11.8 Å². The molecule has 1 fully saturated rings. The molecule has 0 bridgehead atoms. The average Bonchev–Trinajstić information content (AvgIpc) is 2.51. The lowest BCUT2D eigenvalue weighted by atomic mass is 10.1. The summed E-state index contributed by atoms with van der Waals surface area (Å²) >= 11 is 1.92. The first kappa shape index (κ1) is 9.77. The Labute approximate surface area is 87.5 Å². The van der Waals surface area contributed by atoms with Gasteiger partial charge in [-0.15, -0.1) is 0 Å². The molecule has 2 aliphatic rings. The van der Waals surface area contributed by atoms with Gasteiger partial charge in [0.1, 0.15) is 0 Å². The molecule has 2 rings (SSSR count). The minimum atomic E-state index is -0.148. The number of carbonyl (C=O) groups is 2. The van der Waals surface area contributed by atoms with E-state index in [2.05, 4.69) is 0 Å². The van der Waals surface area contributed by atoms with Gasteiger partial charge in [-0.1, -0.05) is 0 Å². The van der Waals surface area contributed by atoms with Gasteiger partial charge < -0.3 is 0 Å². The van der Waals surface area contributed by atoms with Crippen molar-refractivity contribution in [3.8, 4) is 0 Å². The summed E-state index contributed by atoms with van der Waals surface area (Å²) in [4.78, 5) is 23.9. The first-order chi connectivity index (χ1) is 6.77. The number of nitrogens with zero attached hydrogens (tertiary/aromatic N) is 1. The van der Waals surface area contributed by atoms with E-state index in [9.17, 15) is 9.59 Å². The molecule has 0 aromatic carbocycles. The smallest absolute Gasteiger partial charge is 0.253 e. The topological polar surface area (TPSA) is 37.4 Å². The van der Waals surface area contributed by atoms with E-state index < -0.39 is 0 Å². The van der Waals surface area contributed by atoms with Gasteiger partial charge in [0.15, 0.2) is 0 Å². The Hall–Kier alpha value is -0.770. The predicted molar refractivity (Wildman–Crippen MR) is 55.9 cm³/mol. The molecule has 0 radical (unpaired) electrons. The maximum atomic E-state index is 11.3. The first-order valence-corrected chi connectivity index (χ1v) is 6.04. The molecular weight excluding hydrogens is 198 g/mol. The van der Waals surface area contributed by atoms with Gasteiger partial charge in [0.25, 0.3) is 11.8 Å². The first-order valence-electron chi connectivity index (χ1n) is 4.88.